The minimum Gasteiger partial charge on any atom is -0.450 e. The van der Waals surface area contributed by atoms with Crippen LogP contribution in [0.3, 0.4) is 0 Å². The third-order valence-electron chi connectivity index (χ3n) is 5.03. The van der Waals surface area contributed by atoms with Gasteiger partial charge in [0, 0.05) is 36.4 Å². The Morgan fingerprint density at radius 2 is 1.86 bits per heavy atom. The molecule has 4 heterocycles. The Labute approximate surface area is 170 Å². The number of carbonyl (C=O) groups excluding carboxylic acids is 1. The molecule has 1 aliphatic heterocycles. The molecule has 5 rings (SSSR count). The molecule has 0 aliphatic carbocycles. The van der Waals surface area contributed by atoms with Gasteiger partial charge in [0.1, 0.15) is 5.58 Å². The van der Waals surface area contributed by atoms with Crippen LogP contribution >= 0.6 is 11.6 Å². The van der Waals surface area contributed by atoms with Crippen molar-refractivity contribution in [1.82, 2.24) is 14.9 Å². The number of hydrogen-bond acceptors (Lipinski definition) is 5. The molecule has 6 nitrogen and oxygen atoms in total. The van der Waals surface area contributed by atoms with Gasteiger partial charge in [-0.2, -0.15) is 0 Å². The molecule has 1 amide bonds. The molecular formula is C22H14ClN3O3. The fraction of sp³-hybridized carbons (Fsp3) is 0.0909. The molecule has 0 bridgehead atoms. The average molecular weight is 404 g/mol. The Balaban J connectivity index is 1.74. The highest BCUT2D eigenvalue weighted by Gasteiger charge is 2.42. The van der Waals surface area contributed by atoms with E-state index in [2.05, 4.69) is 9.97 Å². The van der Waals surface area contributed by atoms with Crippen LogP contribution < -0.4 is 5.43 Å². The number of benzene rings is 1. The van der Waals surface area contributed by atoms with E-state index >= 15 is 0 Å². The lowest BCUT2D eigenvalue weighted by molar-refractivity contribution is 0.0714. The lowest BCUT2D eigenvalue weighted by Gasteiger charge is -2.25. The van der Waals surface area contributed by atoms with Crippen molar-refractivity contribution in [3.8, 4) is 0 Å². The number of amides is 1. The van der Waals surface area contributed by atoms with E-state index in [4.69, 9.17) is 16.0 Å². The maximum Gasteiger partial charge on any atom is 0.291 e. The summed E-state index contributed by atoms with van der Waals surface area (Å²) in [5.74, 6) is -0.268. The van der Waals surface area contributed by atoms with E-state index < -0.39 is 6.04 Å². The van der Waals surface area contributed by atoms with Crippen LogP contribution in [0.2, 0.25) is 5.02 Å². The Hall–Kier alpha value is -3.51. The molecule has 3 aromatic heterocycles. The van der Waals surface area contributed by atoms with Gasteiger partial charge in [0.25, 0.3) is 5.91 Å². The number of nitrogens with zero attached hydrogens (tertiary/aromatic N) is 3. The van der Waals surface area contributed by atoms with Crippen molar-refractivity contribution in [2.45, 2.75) is 12.6 Å². The Kier molecular flexibility index (Phi) is 4.14. The summed E-state index contributed by atoms with van der Waals surface area (Å²) >= 11 is 6.09. The summed E-state index contributed by atoms with van der Waals surface area (Å²) < 4.78 is 5.89. The molecule has 1 aromatic carbocycles. The summed E-state index contributed by atoms with van der Waals surface area (Å²) in [5, 5.41) is 0.785. The lowest BCUT2D eigenvalue weighted by Crippen LogP contribution is -2.29. The second kappa shape index (κ2) is 6.83. The quantitative estimate of drug-likeness (QED) is 0.517. The number of aromatic nitrogens is 2. The standard InChI is InChI=1S/C22H14ClN3O3/c23-15-3-4-17-16(10-15)20(27)18-19(14-5-8-24-9-6-14)26(22(28)21(18)29-17)12-13-2-1-7-25-11-13/h1-11,19H,12H2. The van der Waals surface area contributed by atoms with E-state index in [-0.39, 0.29) is 17.1 Å². The summed E-state index contributed by atoms with van der Waals surface area (Å²) in [6.45, 7) is 0.292. The van der Waals surface area contributed by atoms with Gasteiger partial charge in [0.2, 0.25) is 5.76 Å². The number of hydrogen-bond donors (Lipinski definition) is 0. The number of pyridine rings is 2. The Bertz CT molecular complexity index is 1290. The van der Waals surface area contributed by atoms with Gasteiger partial charge in [-0.05, 0) is 47.5 Å². The second-order valence-corrected chi connectivity index (χ2v) is 7.23. The first-order chi connectivity index (χ1) is 14.1. The molecule has 0 N–H and O–H groups in total. The van der Waals surface area contributed by atoms with Gasteiger partial charge in [-0.25, -0.2) is 0 Å². The summed E-state index contributed by atoms with van der Waals surface area (Å²) in [5.41, 5.74) is 2.04. The van der Waals surface area contributed by atoms with E-state index in [0.29, 0.717) is 28.1 Å². The second-order valence-electron chi connectivity index (χ2n) is 6.79. The highest BCUT2D eigenvalue weighted by molar-refractivity contribution is 6.31. The fourth-order valence-corrected chi connectivity index (χ4v) is 3.91. The first kappa shape index (κ1) is 17.6. The van der Waals surface area contributed by atoms with E-state index in [0.717, 1.165) is 11.1 Å². The van der Waals surface area contributed by atoms with Crippen molar-refractivity contribution in [2.24, 2.45) is 0 Å². The van der Waals surface area contributed by atoms with E-state index in [1.807, 2.05) is 12.1 Å². The van der Waals surface area contributed by atoms with Crippen LogP contribution in [0.4, 0.5) is 0 Å². The summed E-state index contributed by atoms with van der Waals surface area (Å²) in [6.07, 6.45) is 6.65. The molecule has 7 heteroatoms. The molecule has 1 atom stereocenters. The number of halogens is 1. The zero-order valence-electron chi connectivity index (χ0n) is 15.1. The van der Waals surface area contributed by atoms with Crippen molar-refractivity contribution in [3.05, 3.63) is 105 Å². The maximum atomic E-state index is 13.4. The van der Waals surface area contributed by atoms with Crippen LogP contribution in [-0.2, 0) is 6.54 Å². The van der Waals surface area contributed by atoms with Crippen molar-refractivity contribution in [2.75, 3.05) is 0 Å². The van der Waals surface area contributed by atoms with Crippen LogP contribution in [0.25, 0.3) is 11.0 Å². The zero-order valence-corrected chi connectivity index (χ0v) is 15.8. The predicted octanol–water partition coefficient (Wildman–Crippen LogP) is 3.98. The van der Waals surface area contributed by atoms with Gasteiger partial charge in [0.15, 0.2) is 5.43 Å². The van der Waals surface area contributed by atoms with Crippen molar-refractivity contribution < 1.29 is 9.21 Å². The van der Waals surface area contributed by atoms with Crippen molar-refractivity contribution >= 4 is 28.5 Å². The highest BCUT2D eigenvalue weighted by atomic mass is 35.5. The first-order valence-electron chi connectivity index (χ1n) is 8.99. The topological polar surface area (TPSA) is 76.3 Å². The van der Waals surface area contributed by atoms with Crippen LogP contribution in [0, 0.1) is 0 Å². The van der Waals surface area contributed by atoms with Gasteiger partial charge in [-0.1, -0.05) is 17.7 Å². The lowest BCUT2D eigenvalue weighted by atomic mass is 9.99. The maximum absolute atomic E-state index is 13.4. The molecule has 0 fully saturated rings. The SMILES string of the molecule is O=C1c2oc3ccc(Cl)cc3c(=O)c2C(c2ccncc2)N1Cc1cccnc1. The van der Waals surface area contributed by atoms with Crippen molar-refractivity contribution in [3.63, 3.8) is 0 Å². The van der Waals surface area contributed by atoms with E-state index in [1.54, 1.807) is 60.0 Å². The number of fused-ring (bicyclic) bond motifs is 2. The molecule has 1 unspecified atom stereocenters. The van der Waals surface area contributed by atoms with Crippen LogP contribution in [-0.4, -0.2) is 20.8 Å². The third kappa shape index (κ3) is 2.89. The first-order valence-corrected chi connectivity index (χ1v) is 9.37. The van der Waals surface area contributed by atoms with E-state index in [1.165, 1.54) is 0 Å². The van der Waals surface area contributed by atoms with Gasteiger partial charge in [0.05, 0.1) is 17.0 Å². The molecule has 1 aliphatic rings. The van der Waals surface area contributed by atoms with Gasteiger partial charge < -0.3 is 9.32 Å². The smallest absolute Gasteiger partial charge is 0.291 e. The minimum absolute atomic E-state index is 0.0653. The zero-order chi connectivity index (χ0) is 20.0. The monoisotopic (exact) mass is 403 g/mol. The molecule has 4 aromatic rings. The van der Waals surface area contributed by atoms with Gasteiger partial charge in [-0.15, -0.1) is 0 Å². The Morgan fingerprint density at radius 1 is 1.03 bits per heavy atom. The van der Waals surface area contributed by atoms with Crippen LogP contribution in [0.5, 0.6) is 0 Å². The molecule has 0 saturated heterocycles. The number of rotatable bonds is 3. The van der Waals surface area contributed by atoms with Gasteiger partial charge >= 0.3 is 0 Å². The molecule has 0 radical (unpaired) electrons. The van der Waals surface area contributed by atoms with Crippen molar-refractivity contribution in [1.29, 1.82) is 0 Å². The third-order valence-corrected chi connectivity index (χ3v) is 5.26. The fourth-order valence-electron chi connectivity index (χ4n) is 3.74. The van der Waals surface area contributed by atoms with Crippen LogP contribution in [0.15, 0.2) is 76.5 Å². The normalized spacial score (nSPS) is 15.7. The average Bonchev–Trinajstić information content (AvgIpc) is 3.02. The highest BCUT2D eigenvalue weighted by Crippen LogP contribution is 2.39. The van der Waals surface area contributed by atoms with E-state index in [9.17, 15) is 9.59 Å². The molecule has 0 spiro atoms. The summed E-state index contributed by atoms with van der Waals surface area (Å²) in [7, 11) is 0. The molecular weight excluding hydrogens is 390 g/mol. The van der Waals surface area contributed by atoms with Gasteiger partial charge in [-0.3, -0.25) is 19.6 Å². The summed E-state index contributed by atoms with van der Waals surface area (Å²) in [4.78, 5) is 36.5. The van der Waals surface area contributed by atoms with Crippen LogP contribution in [0.1, 0.15) is 33.3 Å². The molecule has 142 valence electrons. The minimum atomic E-state index is -0.583. The molecule has 29 heavy (non-hydrogen) atoms. The predicted molar refractivity (Wildman–Crippen MR) is 108 cm³/mol. The molecule has 0 saturated carbocycles. The number of carbonyl (C=O) groups is 1. The summed E-state index contributed by atoms with van der Waals surface area (Å²) in [6, 6.07) is 11.5. The Morgan fingerprint density at radius 3 is 2.62 bits per heavy atom. The largest absolute Gasteiger partial charge is 0.450 e.